The molecule has 4 aromatic rings. The van der Waals surface area contributed by atoms with Gasteiger partial charge in [-0.3, -0.25) is 9.69 Å². The van der Waals surface area contributed by atoms with Crippen LogP contribution < -0.4 is 15.1 Å². The van der Waals surface area contributed by atoms with Gasteiger partial charge in [-0.15, -0.1) is 0 Å². The third-order valence-electron chi connectivity index (χ3n) is 6.70. The Morgan fingerprint density at radius 1 is 1.03 bits per heavy atom. The molecule has 0 bridgehead atoms. The van der Waals surface area contributed by atoms with Crippen LogP contribution in [-0.4, -0.2) is 43.3 Å². The molecule has 1 aliphatic heterocycles. The number of alkyl halides is 3. The van der Waals surface area contributed by atoms with Gasteiger partial charge in [0.1, 0.15) is 17.1 Å². The van der Waals surface area contributed by atoms with Crippen LogP contribution >= 0.6 is 11.6 Å². The van der Waals surface area contributed by atoms with Crippen LogP contribution in [-0.2, 0) is 12.7 Å². The van der Waals surface area contributed by atoms with Crippen molar-refractivity contribution in [2.75, 3.05) is 38.2 Å². The monoisotopic (exact) mass is 544 g/mol. The number of hydrogen-bond acceptors (Lipinski definition) is 6. The zero-order chi connectivity index (χ0) is 27.0. The predicted molar refractivity (Wildman–Crippen MR) is 140 cm³/mol. The number of benzene rings is 3. The highest BCUT2D eigenvalue weighted by Crippen LogP contribution is 2.39. The van der Waals surface area contributed by atoms with E-state index in [1.807, 2.05) is 23.1 Å². The molecule has 10 heteroatoms. The number of rotatable bonds is 5. The van der Waals surface area contributed by atoms with Crippen LogP contribution in [0.5, 0.6) is 11.5 Å². The molecule has 0 aliphatic carbocycles. The molecule has 1 aliphatic rings. The largest absolute Gasteiger partial charge is 0.507 e. The Labute approximate surface area is 221 Å². The standard InChI is InChI=1S/C28H24ClF3N2O4/c1-37-20-7-5-17(6-8-20)24-25(36)21-9-10-23(35)22(26(21)38-27(24)28(30,31)32)16-33-11-13-34(14-12-33)19-4-2-3-18(29)15-19/h2-10,15,35H,11-14,16H2,1H3. The van der Waals surface area contributed by atoms with Crippen molar-refractivity contribution in [3.63, 3.8) is 0 Å². The highest BCUT2D eigenvalue weighted by atomic mass is 35.5. The van der Waals surface area contributed by atoms with Crippen molar-refractivity contribution in [1.29, 1.82) is 0 Å². The molecule has 1 N–H and O–H groups in total. The first-order valence-electron chi connectivity index (χ1n) is 11.9. The molecular formula is C28H24ClF3N2O4. The summed E-state index contributed by atoms with van der Waals surface area (Å²) in [7, 11) is 1.44. The summed E-state index contributed by atoms with van der Waals surface area (Å²) in [5.41, 5.74) is -0.493. The number of fused-ring (bicyclic) bond motifs is 1. The summed E-state index contributed by atoms with van der Waals surface area (Å²) < 4.78 is 53.0. The van der Waals surface area contributed by atoms with Gasteiger partial charge in [-0.2, -0.15) is 13.2 Å². The second-order valence-electron chi connectivity index (χ2n) is 9.04. The van der Waals surface area contributed by atoms with E-state index in [9.17, 15) is 23.1 Å². The van der Waals surface area contributed by atoms with E-state index in [1.54, 1.807) is 6.07 Å². The number of anilines is 1. The molecule has 0 saturated carbocycles. The number of halogens is 4. The summed E-state index contributed by atoms with van der Waals surface area (Å²) in [6.07, 6.45) is -4.94. The molecule has 6 nitrogen and oxygen atoms in total. The summed E-state index contributed by atoms with van der Waals surface area (Å²) in [6.45, 7) is 2.61. The predicted octanol–water partition coefficient (Wildman–Crippen LogP) is 6.17. The SMILES string of the molecule is COc1ccc(-c2c(C(F)(F)F)oc3c(CN4CCN(c5cccc(Cl)c5)CC4)c(O)ccc3c2=O)cc1. The van der Waals surface area contributed by atoms with Gasteiger partial charge in [0.25, 0.3) is 0 Å². The first-order valence-corrected chi connectivity index (χ1v) is 12.3. The van der Waals surface area contributed by atoms with Gasteiger partial charge in [-0.05, 0) is 48.0 Å². The number of hydrogen-bond donors (Lipinski definition) is 1. The van der Waals surface area contributed by atoms with E-state index in [0.717, 1.165) is 5.69 Å². The van der Waals surface area contributed by atoms with Crippen LogP contribution in [0.2, 0.25) is 5.02 Å². The Hall–Kier alpha value is -3.69. The van der Waals surface area contributed by atoms with Crippen molar-refractivity contribution in [3.8, 4) is 22.6 Å². The molecule has 1 aromatic heterocycles. The fraction of sp³-hybridized carbons (Fsp3) is 0.250. The summed E-state index contributed by atoms with van der Waals surface area (Å²) >= 11 is 6.11. The lowest BCUT2D eigenvalue weighted by Gasteiger charge is -2.36. The fourth-order valence-electron chi connectivity index (χ4n) is 4.74. The van der Waals surface area contributed by atoms with Crippen molar-refractivity contribution in [3.05, 3.63) is 87.2 Å². The number of methoxy groups -OCH3 is 1. The van der Waals surface area contributed by atoms with E-state index in [4.69, 9.17) is 20.8 Å². The quantitative estimate of drug-likeness (QED) is 0.324. The minimum absolute atomic E-state index is 0.0332. The Balaban J connectivity index is 1.51. The molecule has 38 heavy (non-hydrogen) atoms. The lowest BCUT2D eigenvalue weighted by atomic mass is 10.00. The zero-order valence-electron chi connectivity index (χ0n) is 20.4. The number of piperazine rings is 1. The van der Waals surface area contributed by atoms with Gasteiger partial charge in [0.05, 0.1) is 23.6 Å². The number of ether oxygens (including phenoxy) is 1. The van der Waals surface area contributed by atoms with E-state index in [-0.39, 0.29) is 34.4 Å². The highest BCUT2D eigenvalue weighted by Gasteiger charge is 2.40. The first-order chi connectivity index (χ1) is 18.2. The molecule has 0 unspecified atom stereocenters. The molecule has 0 spiro atoms. The minimum Gasteiger partial charge on any atom is -0.507 e. The maximum atomic E-state index is 14.2. The molecule has 1 fully saturated rings. The van der Waals surface area contributed by atoms with Crippen LogP contribution in [0.4, 0.5) is 18.9 Å². The lowest BCUT2D eigenvalue weighted by Crippen LogP contribution is -2.46. The van der Waals surface area contributed by atoms with Crippen molar-refractivity contribution in [2.24, 2.45) is 0 Å². The molecule has 5 rings (SSSR count). The summed E-state index contributed by atoms with van der Waals surface area (Å²) in [5.74, 6) is -1.20. The Bertz CT molecular complexity index is 1530. The number of aromatic hydroxyl groups is 1. The zero-order valence-corrected chi connectivity index (χ0v) is 21.1. The molecular weight excluding hydrogens is 521 g/mol. The topological polar surface area (TPSA) is 66.2 Å². The maximum absolute atomic E-state index is 14.2. The maximum Gasteiger partial charge on any atom is 0.450 e. The van der Waals surface area contributed by atoms with Gasteiger partial charge < -0.3 is 19.2 Å². The van der Waals surface area contributed by atoms with Gasteiger partial charge >= 0.3 is 6.18 Å². The molecule has 198 valence electrons. The average Bonchev–Trinajstić information content (AvgIpc) is 2.90. The van der Waals surface area contributed by atoms with E-state index in [0.29, 0.717) is 37.0 Å². The average molecular weight is 545 g/mol. The third kappa shape index (κ3) is 5.04. The molecule has 0 radical (unpaired) electrons. The molecule has 0 amide bonds. The van der Waals surface area contributed by atoms with Gasteiger partial charge in [0.2, 0.25) is 11.2 Å². The number of nitrogens with zero attached hydrogens (tertiary/aromatic N) is 2. The Morgan fingerprint density at radius 3 is 2.37 bits per heavy atom. The van der Waals surface area contributed by atoms with Gasteiger partial charge in [-0.1, -0.05) is 29.8 Å². The van der Waals surface area contributed by atoms with Crippen LogP contribution in [0, 0.1) is 0 Å². The summed E-state index contributed by atoms with van der Waals surface area (Å²) in [6, 6.07) is 15.8. The van der Waals surface area contributed by atoms with Crippen LogP contribution in [0.15, 0.2) is 69.9 Å². The van der Waals surface area contributed by atoms with Gasteiger partial charge in [-0.25, -0.2) is 0 Å². The molecule has 3 aromatic carbocycles. The Kier molecular flexibility index (Phi) is 6.98. The minimum atomic E-state index is -4.94. The smallest absolute Gasteiger partial charge is 0.450 e. The molecule has 1 saturated heterocycles. The van der Waals surface area contributed by atoms with E-state index in [1.165, 1.54) is 43.5 Å². The third-order valence-corrected chi connectivity index (χ3v) is 6.94. The van der Waals surface area contributed by atoms with Crippen molar-refractivity contribution < 1.29 is 27.4 Å². The molecule has 0 atom stereocenters. The van der Waals surface area contributed by atoms with E-state index >= 15 is 0 Å². The van der Waals surface area contributed by atoms with Gasteiger partial charge in [0, 0.05) is 43.4 Å². The first kappa shape index (κ1) is 25.9. The number of phenols is 1. The van der Waals surface area contributed by atoms with Crippen molar-refractivity contribution in [2.45, 2.75) is 12.7 Å². The second-order valence-corrected chi connectivity index (χ2v) is 9.48. The van der Waals surface area contributed by atoms with Crippen LogP contribution in [0.25, 0.3) is 22.1 Å². The Morgan fingerprint density at radius 2 is 1.74 bits per heavy atom. The van der Waals surface area contributed by atoms with Crippen molar-refractivity contribution in [1.82, 2.24) is 4.90 Å². The number of phenolic OH excluding ortho intramolecular Hbond substituents is 1. The van der Waals surface area contributed by atoms with Crippen LogP contribution in [0.3, 0.4) is 0 Å². The normalized spacial score (nSPS) is 14.7. The van der Waals surface area contributed by atoms with Crippen LogP contribution in [0.1, 0.15) is 11.3 Å². The van der Waals surface area contributed by atoms with E-state index in [2.05, 4.69) is 4.90 Å². The van der Waals surface area contributed by atoms with Gasteiger partial charge in [0.15, 0.2) is 0 Å². The highest BCUT2D eigenvalue weighted by molar-refractivity contribution is 6.30. The molecule has 2 heterocycles. The second kappa shape index (κ2) is 10.2. The summed E-state index contributed by atoms with van der Waals surface area (Å²) in [5, 5.41) is 11.2. The fourth-order valence-corrected chi connectivity index (χ4v) is 4.92. The van der Waals surface area contributed by atoms with E-state index < -0.39 is 22.9 Å². The van der Waals surface area contributed by atoms with Crippen molar-refractivity contribution >= 4 is 28.3 Å². The lowest BCUT2D eigenvalue weighted by molar-refractivity contribution is -0.152. The summed E-state index contributed by atoms with van der Waals surface area (Å²) in [4.78, 5) is 17.6.